The van der Waals surface area contributed by atoms with Crippen LogP contribution in [-0.2, 0) is 16.6 Å². The number of nitrogens with zero attached hydrogens (tertiary/aromatic N) is 3. The second kappa shape index (κ2) is 12.3. The van der Waals surface area contributed by atoms with E-state index in [-0.39, 0.29) is 41.2 Å². The first kappa shape index (κ1) is 27.1. The van der Waals surface area contributed by atoms with Crippen LogP contribution in [0.3, 0.4) is 0 Å². The highest BCUT2D eigenvalue weighted by Gasteiger charge is 2.23. The van der Waals surface area contributed by atoms with Gasteiger partial charge in [-0.25, -0.2) is 12.4 Å². The van der Waals surface area contributed by atoms with Gasteiger partial charge >= 0.3 is 0 Å². The molecule has 0 bridgehead atoms. The minimum Gasteiger partial charge on any atom is -0.300 e. The smallest absolute Gasteiger partial charge is 0.268 e. The lowest BCUT2D eigenvalue weighted by Crippen LogP contribution is -2.46. The Labute approximate surface area is 208 Å². The van der Waals surface area contributed by atoms with E-state index in [1.165, 1.54) is 11.8 Å². The average Bonchev–Trinajstić information content (AvgIpc) is 3.31. The van der Waals surface area contributed by atoms with Crippen LogP contribution >= 0.6 is 24.8 Å². The van der Waals surface area contributed by atoms with Crippen molar-refractivity contribution in [1.29, 1.82) is 0 Å². The molecule has 6 nitrogen and oxygen atoms in total. The van der Waals surface area contributed by atoms with E-state index in [1.807, 2.05) is 6.07 Å². The Kier molecular flexibility index (Phi) is 10.1. The maximum absolute atomic E-state index is 12.9. The summed E-state index contributed by atoms with van der Waals surface area (Å²) >= 11 is 0. The van der Waals surface area contributed by atoms with Gasteiger partial charge in [0, 0.05) is 51.9 Å². The third-order valence-corrected chi connectivity index (χ3v) is 7.37. The van der Waals surface area contributed by atoms with Gasteiger partial charge in [0.1, 0.15) is 0 Å². The third kappa shape index (κ3) is 6.68. The summed E-state index contributed by atoms with van der Waals surface area (Å²) < 4.78 is 26.9. The van der Waals surface area contributed by atoms with Crippen LogP contribution in [0.25, 0.3) is 0 Å². The summed E-state index contributed by atoms with van der Waals surface area (Å²) in [6.07, 6.45) is 1.74. The number of piperazine rings is 1. The zero-order valence-electron chi connectivity index (χ0n) is 18.2. The van der Waals surface area contributed by atoms with Gasteiger partial charge in [0.15, 0.2) is 5.78 Å². The van der Waals surface area contributed by atoms with Gasteiger partial charge in [-0.2, -0.15) is 0 Å². The summed E-state index contributed by atoms with van der Waals surface area (Å²) in [5.41, 5.74) is 1.53. The molecular weight excluding hydrogens is 481 g/mol. The fourth-order valence-corrected chi connectivity index (χ4v) is 5.28. The number of hydrogen-bond acceptors (Lipinski definition) is 5. The Hall–Kier alpha value is -2.16. The Balaban J connectivity index is 0.00000193. The van der Waals surface area contributed by atoms with Gasteiger partial charge in [-0.1, -0.05) is 48.5 Å². The standard InChI is InChI=1S/C24H27N3O3S.2ClH/c28-24(23-12-7-14-27(23)31(29,30)22-10-5-2-6-11-22)13-15-25-16-18-26(19-17-25)20-21-8-3-1-4-9-21;;/h1-12,14H,13,15-20H2;2*1H. The zero-order chi connectivity index (χ0) is 21.7. The van der Waals surface area contributed by atoms with E-state index in [2.05, 4.69) is 34.1 Å². The minimum absolute atomic E-state index is 0. The normalized spacial score (nSPS) is 14.8. The van der Waals surface area contributed by atoms with Crippen LogP contribution in [0.5, 0.6) is 0 Å². The van der Waals surface area contributed by atoms with Crippen LogP contribution in [-0.4, -0.2) is 60.7 Å². The lowest BCUT2D eigenvalue weighted by atomic mass is 10.2. The fraction of sp³-hybridized carbons (Fsp3) is 0.292. The minimum atomic E-state index is -3.78. The van der Waals surface area contributed by atoms with E-state index in [0.29, 0.717) is 13.0 Å². The summed E-state index contributed by atoms with van der Waals surface area (Å²) in [4.78, 5) is 17.7. The molecule has 2 aromatic carbocycles. The highest BCUT2D eigenvalue weighted by atomic mass is 35.5. The summed E-state index contributed by atoms with van der Waals surface area (Å²) in [5.74, 6) is -0.156. The lowest BCUT2D eigenvalue weighted by molar-refractivity contribution is 0.0917. The molecule has 0 radical (unpaired) electrons. The number of Topliss-reactive ketones (excluding diaryl/α,β-unsaturated/α-hetero) is 1. The maximum atomic E-state index is 12.9. The first-order valence-corrected chi connectivity index (χ1v) is 12.0. The monoisotopic (exact) mass is 509 g/mol. The Bertz CT molecular complexity index is 1110. The van der Waals surface area contributed by atoms with Crippen LogP contribution in [0.2, 0.25) is 0 Å². The van der Waals surface area contributed by atoms with Crippen molar-refractivity contribution in [3.8, 4) is 0 Å². The molecule has 0 atom stereocenters. The van der Waals surface area contributed by atoms with Crippen molar-refractivity contribution in [3.05, 3.63) is 90.3 Å². The molecule has 178 valence electrons. The molecule has 33 heavy (non-hydrogen) atoms. The molecule has 1 fully saturated rings. The molecule has 3 aromatic rings. The van der Waals surface area contributed by atoms with E-state index in [0.717, 1.165) is 36.7 Å². The Morgan fingerprint density at radius 2 is 1.33 bits per heavy atom. The number of hydrogen-bond donors (Lipinski definition) is 0. The topological polar surface area (TPSA) is 62.6 Å². The summed E-state index contributed by atoms with van der Waals surface area (Å²) in [7, 11) is -3.78. The molecule has 0 unspecified atom stereocenters. The van der Waals surface area contributed by atoms with Crippen molar-refractivity contribution in [2.45, 2.75) is 17.9 Å². The van der Waals surface area contributed by atoms with E-state index in [4.69, 9.17) is 0 Å². The molecule has 4 rings (SSSR count). The predicted octanol–water partition coefficient (Wildman–Crippen LogP) is 3.96. The first-order chi connectivity index (χ1) is 15.0. The van der Waals surface area contributed by atoms with Crippen LogP contribution < -0.4 is 0 Å². The second-order valence-electron chi connectivity index (χ2n) is 7.78. The van der Waals surface area contributed by atoms with Crippen molar-refractivity contribution < 1.29 is 13.2 Å². The zero-order valence-corrected chi connectivity index (χ0v) is 20.7. The molecular formula is C24H29Cl2N3O3S. The van der Waals surface area contributed by atoms with Crippen LogP contribution in [0.1, 0.15) is 22.5 Å². The molecule has 0 N–H and O–H groups in total. The van der Waals surface area contributed by atoms with Crippen molar-refractivity contribution in [2.24, 2.45) is 0 Å². The van der Waals surface area contributed by atoms with Crippen LogP contribution in [0, 0.1) is 0 Å². The van der Waals surface area contributed by atoms with Gasteiger partial charge in [-0.05, 0) is 29.8 Å². The lowest BCUT2D eigenvalue weighted by Gasteiger charge is -2.34. The largest absolute Gasteiger partial charge is 0.300 e. The molecule has 0 spiro atoms. The summed E-state index contributed by atoms with van der Waals surface area (Å²) in [6, 6.07) is 21.8. The number of carbonyl (C=O) groups excluding carboxylic acids is 1. The number of ketones is 1. The van der Waals surface area contributed by atoms with Gasteiger partial charge in [0.25, 0.3) is 10.0 Å². The molecule has 2 heterocycles. The summed E-state index contributed by atoms with van der Waals surface area (Å²) in [6.45, 7) is 5.31. The van der Waals surface area contributed by atoms with Gasteiger partial charge in [0.05, 0.1) is 10.6 Å². The quantitative estimate of drug-likeness (QED) is 0.430. The number of halogens is 2. The van der Waals surface area contributed by atoms with Crippen LogP contribution in [0.4, 0.5) is 0 Å². The molecule has 1 aliphatic heterocycles. The molecule has 0 aliphatic carbocycles. The molecule has 1 aromatic heterocycles. The van der Waals surface area contributed by atoms with E-state index < -0.39 is 10.0 Å². The van der Waals surface area contributed by atoms with Gasteiger partial charge in [-0.3, -0.25) is 9.69 Å². The van der Waals surface area contributed by atoms with Gasteiger partial charge in [0.2, 0.25) is 0 Å². The molecule has 0 amide bonds. The van der Waals surface area contributed by atoms with Gasteiger partial charge in [-0.15, -0.1) is 24.8 Å². The van der Waals surface area contributed by atoms with Crippen molar-refractivity contribution in [3.63, 3.8) is 0 Å². The third-order valence-electron chi connectivity index (χ3n) is 5.67. The molecule has 1 aliphatic rings. The van der Waals surface area contributed by atoms with Crippen LogP contribution in [0.15, 0.2) is 83.9 Å². The predicted molar refractivity (Wildman–Crippen MR) is 135 cm³/mol. The first-order valence-electron chi connectivity index (χ1n) is 10.5. The van der Waals surface area contributed by atoms with Gasteiger partial charge < -0.3 is 4.90 Å². The second-order valence-corrected chi connectivity index (χ2v) is 9.60. The Morgan fingerprint density at radius 3 is 1.97 bits per heavy atom. The highest BCUT2D eigenvalue weighted by Crippen LogP contribution is 2.18. The van der Waals surface area contributed by atoms with E-state index in [9.17, 15) is 13.2 Å². The number of benzene rings is 2. The summed E-state index contributed by atoms with van der Waals surface area (Å²) in [5, 5.41) is 0. The Morgan fingerprint density at radius 1 is 0.758 bits per heavy atom. The van der Waals surface area contributed by atoms with E-state index >= 15 is 0 Å². The molecule has 1 saturated heterocycles. The molecule has 0 saturated carbocycles. The van der Waals surface area contributed by atoms with Crippen molar-refractivity contribution >= 4 is 40.6 Å². The maximum Gasteiger partial charge on any atom is 0.268 e. The SMILES string of the molecule is Cl.Cl.O=C(CCN1CCN(Cc2ccccc2)CC1)c1cccn1S(=O)(=O)c1ccccc1. The fourth-order valence-electron chi connectivity index (χ4n) is 3.90. The highest BCUT2D eigenvalue weighted by molar-refractivity contribution is 7.90. The number of aromatic nitrogens is 1. The van der Waals surface area contributed by atoms with E-state index in [1.54, 1.807) is 42.5 Å². The molecule has 9 heteroatoms. The van der Waals surface area contributed by atoms with Crippen molar-refractivity contribution in [2.75, 3.05) is 32.7 Å². The number of rotatable bonds is 8. The average molecular weight is 510 g/mol. The number of carbonyl (C=O) groups is 1. The van der Waals surface area contributed by atoms with Crippen molar-refractivity contribution in [1.82, 2.24) is 13.8 Å².